The molecule has 0 aliphatic rings. The van der Waals surface area contributed by atoms with Gasteiger partial charge in [0.25, 0.3) is 0 Å². The normalized spacial score (nSPS) is 13.9. The van der Waals surface area contributed by atoms with Crippen molar-refractivity contribution < 1.29 is 17.2 Å². The monoisotopic (exact) mass is 320 g/mol. The molecule has 0 aliphatic heterocycles. The zero-order valence-electron chi connectivity index (χ0n) is 13.6. The summed E-state index contributed by atoms with van der Waals surface area (Å²) in [7, 11) is -4.33. The van der Waals surface area contributed by atoms with E-state index in [0.717, 1.165) is 25.7 Å². The van der Waals surface area contributed by atoms with Gasteiger partial charge < -0.3 is 0 Å². The van der Waals surface area contributed by atoms with E-state index in [0.29, 0.717) is 0 Å². The fraction of sp³-hybridized carbons (Fsp3) is 0.875. The molecule has 0 aromatic rings. The molecule has 5 heteroatoms. The molecule has 0 amide bonds. The number of hydrogen-bond acceptors (Lipinski definition) is 3. The highest BCUT2D eigenvalue weighted by atomic mass is 32.3. The third-order valence-corrected chi connectivity index (χ3v) is 3.93. The van der Waals surface area contributed by atoms with Crippen LogP contribution in [0.2, 0.25) is 0 Å². The zero-order valence-corrected chi connectivity index (χ0v) is 14.4. The molecule has 0 heterocycles. The summed E-state index contributed by atoms with van der Waals surface area (Å²) in [6.45, 7) is 4.39. The molecule has 0 aliphatic carbocycles. The van der Waals surface area contributed by atoms with Crippen LogP contribution in [0.25, 0.3) is 0 Å². The highest BCUT2D eigenvalue weighted by Gasteiger charge is 2.11. The maximum Gasteiger partial charge on any atom is 0.397 e. The Morgan fingerprint density at radius 1 is 1.00 bits per heavy atom. The van der Waals surface area contributed by atoms with E-state index in [1.807, 2.05) is 6.08 Å². The van der Waals surface area contributed by atoms with E-state index in [-0.39, 0.29) is 12.5 Å². The lowest BCUT2D eigenvalue weighted by Gasteiger charge is -2.11. The minimum Gasteiger partial charge on any atom is -0.264 e. The molecule has 0 bridgehead atoms. The topological polar surface area (TPSA) is 63.6 Å². The van der Waals surface area contributed by atoms with E-state index in [1.54, 1.807) is 0 Å². The van der Waals surface area contributed by atoms with Crippen molar-refractivity contribution in [3.8, 4) is 0 Å². The second kappa shape index (κ2) is 13.3. The van der Waals surface area contributed by atoms with Gasteiger partial charge in [-0.15, -0.1) is 0 Å². The maximum absolute atomic E-state index is 10.7. The van der Waals surface area contributed by atoms with Crippen molar-refractivity contribution in [2.75, 3.05) is 6.61 Å². The highest BCUT2D eigenvalue weighted by molar-refractivity contribution is 7.80. The second-order valence-electron chi connectivity index (χ2n) is 5.60. The fourth-order valence-corrected chi connectivity index (χ4v) is 2.57. The number of allylic oxidation sites excluding steroid dienone is 1. The lowest BCUT2D eigenvalue weighted by atomic mass is 10.00. The standard InChI is InChI=1S/C16H32O4S/c1-3-5-7-9-11-13-16(15-20-21(17,18)19)14-12-10-8-6-4-2/h11,13,16H,3-10,12,14-15H2,1-2H3,(H,17,18,19)/b13-11+. The molecule has 1 unspecified atom stereocenters. The number of unbranched alkanes of at least 4 members (excludes halogenated alkanes) is 7. The van der Waals surface area contributed by atoms with E-state index in [4.69, 9.17) is 4.55 Å². The van der Waals surface area contributed by atoms with Crippen molar-refractivity contribution in [1.29, 1.82) is 0 Å². The summed E-state index contributed by atoms with van der Waals surface area (Å²) in [5.74, 6) is 0.0650. The van der Waals surface area contributed by atoms with Crippen molar-refractivity contribution in [3.63, 3.8) is 0 Å². The molecule has 0 saturated heterocycles. The van der Waals surface area contributed by atoms with Crippen molar-refractivity contribution in [3.05, 3.63) is 12.2 Å². The summed E-state index contributed by atoms with van der Waals surface area (Å²) in [6.07, 6.45) is 15.6. The third-order valence-electron chi connectivity index (χ3n) is 3.49. The van der Waals surface area contributed by atoms with Gasteiger partial charge in [-0.3, -0.25) is 4.55 Å². The van der Waals surface area contributed by atoms with Gasteiger partial charge in [-0.25, -0.2) is 4.18 Å². The molecule has 21 heavy (non-hydrogen) atoms. The van der Waals surface area contributed by atoms with Crippen molar-refractivity contribution in [1.82, 2.24) is 0 Å². The molecule has 1 N–H and O–H groups in total. The predicted octanol–water partition coefficient (Wildman–Crippen LogP) is 4.92. The van der Waals surface area contributed by atoms with Gasteiger partial charge in [0, 0.05) is 5.92 Å². The molecule has 126 valence electrons. The Bertz CT molecular complexity index is 349. The average Bonchev–Trinajstić information content (AvgIpc) is 2.42. The Kier molecular flexibility index (Phi) is 13.0. The average molecular weight is 320 g/mol. The van der Waals surface area contributed by atoms with Gasteiger partial charge >= 0.3 is 10.4 Å². The first kappa shape index (κ1) is 20.6. The summed E-state index contributed by atoms with van der Waals surface area (Å²) in [4.78, 5) is 0. The molecule has 0 radical (unpaired) electrons. The Labute approximate surface area is 130 Å². The summed E-state index contributed by atoms with van der Waals surface area (Å²) in [6, 6.07) is 0. The first-order chi connectivity index (χ1) is 9.99. The summed E-state index contributed by atoms with van der Waals surface area (Å²) < 4.78 is 34.6. The Morgan fingerprint density at radius 3 is 2.24 bits per heavy atom. The van der Waals surface area contributed by atoms with Crippen molar-refractivity contribution >= 4 is 10.4 Å². The van der Waals surface area contributed by atoms with Crippen LogP contribution in [0.1, 0.15) is 78.1 Å². The minimum atomic E-state index is -4.33. The van der Waals surface area contributed by atoms with E-state index in [2.05, 4.69) is 24.1 Å². The van der Waals surface area contributed by atoms with Gasteiger partial charge in [0.2, 0.25) is 0 Å². The van der Waals surface area contributed by atoms with Gasteiger partial charge in [-0.1, -0.05) is 70.9 Å². The first-order valence-corrected chi connectivity index (χ1v) is 9.64. The Hall–Kier alpha value is -0.390. The minimum absolute atomic E-state index is 0.0386. The quantitative estimate of drug-likeness (QED) is 0.280. The molecular formula is C16H32O4S. The van der Waals surface area contributed by atoms with Crippen LogP contribution in [-0.2, 0) is 14.6 Å². The van der Waals surface area contributed by atoms with Gasteiger partial charge in [-0.05, 0) is 19.3 Å². The van der Waals surface area contributed by atoms with Crippen LogP contribution in [-0.4, -0.2) is 19.6 Å². The highest BCUT2D eigenvalue weighted by Crippen LogP contribution is 2.15. The Balaban J connectivity index is 4.07. The third kappa shape index (κ3) is 15.8. The number of hydrogen-bond donors (Lipinski definition) is 1. The van der Waals surface area contributed by atoms with Crippen LogP contribution in [0, 0.1) is 5.92 Å². The van der Waals surface area contributed by atoms with E-state index in [1.165, 1.54) is 38.5 Å². The van der Waals surface area contributed by atoms with Crippen LogP contribution >= 0.6 is 0 Å². The van der Waals surface area contributed by atoms with Crippen LogP contribution in [0.5, 0.6) is 0 Å². The molecule has 4 nitrogen and oxygen atoms in total. The van der Waals surface area contributed by atoms with Gasteiger partial charge in [0.15, 0.2) is 0 Å². The van der Waals surface area contributed by atoms with Crippen LogP contribution in [0.15, 0.2) is 12.2 Å². The smallest absolute Gasteiger partial charge is 0.264 e. The lowest BCUT2D eigenvalue weighted by Crippen LogP contribution is -2.12. The fourth-order valence-electron chi connectivity index (χ4n) is 2.22. The van der Waals surface area contributed by atoms with Crippen LogP contribution < -0.4 is 0 Å². The molecule has 0 aromatic carbocycles. The SMILES string of the molecule is CCCCC/C=C/C(CCCCCCC)COS(=O)(=O)O. The first-order valence-electron chi connectivity index (χ1n) is 8.28. The van der Waals surface area contributed by atoms with Gasteiger partial charge in [0.1, 0.15) is 0 Å². The van der Waals surface area contributed by atoms with Crippen LogP contribution in [0.4, 0.5) is 0 Å². The van der Waals surface area contributed by atoms with E-state index in [9.17, 15) is 8.42 Å². The van der Waals surface area contributed by atoms with Crippen LogP contribution in [0.3, 0.4) is 0 Å². The Morgan fingerprint density at radius 2 is 1.62 bits per heavy atom. The molecule has 0 saturated carbocycles. The van der Waals surface area contributed by atoms with E-state index >= 15 is 0 Å². The summed E-state index contributed by atoms with van der Waals surface area (Å²) in [5.41, 5.74) is 0. The molecular weight excluding hydrogens is 288 g/mol. The van der Waals surface area contributed by atoms with Crippen molar-refractivity contribution in [2.45, 2.75) is 78.1 Å². The largest absolute Gasteiger partial charge is 0.397 e. The molecule has 0 aromatic heterocycles. The molecule has 1 atom stereocenters. The second-order valence-corrected chi connectivity index (χ2v) is 6.69. The maximum atomic E-state index is 10.7. The predicted molar refractivity (Wildman–Crippen MR) is 87.6 cm³/mol. The number of rotatable bonds is 14. The van der Waals surface area contributed by atoms with E-state index < -0.39 is 10.4 Å². The van der Waals surface area contributed by atoms with Crippen molar-refractivity contribution in [2.24, 2.45) is 5.92 Å². The van der Waals surface area contributed by atoms with Gasteiger partial charge in [-0.2, -0.15) is 8.42 Å². The zero-order chi connectivity index (χ0) is 16.0. The lowest BCUT2D eigenvalue weighted by molar-refractivity contribution is 0.234. The molecule has 0 fully saturated rings. The summed E-state index contributed by atoms with van der Waals surface area (Å²) >= 11 is 0. The summed E-state index contributed by atoms with van der Waals surface area (Å²) in [5, 5.41) is 0. The molecule has 0 spiro atoms. The molecule has 0 rings (SSSR count). The van der Waals surface area contributed by atoms with Gasteiger partial charge in [0.05, 0.1) is 6.61 Å².